The first-order chi connectivity index (χ1) is 11.2. The normalized spacial score (nSPS) is 10.5. The maximum Gasteiger partial charge on any atom is 0.224 e. The molecule has 1 amide bonds. The van der Waals surface area contributed by atoms with Crippen molar-refractivity contribution in [3.63, 3.8) is 0 Å². The summed E-state index contributed by atoms with van der Waals surface area (Å²) in [5.74, 6) is 0.510. The molecule has 0 aliphatic heterocycles. The standard InChI is InChI=1S/C18H17N3O2/c1-3-23-18-16-10-14(6-9-17(16)19-11-20-18)13-4-7-15(8-5-13)21-12(2)22/h4-11H,3H2,1-2H3,(H,21,22). The predicted octanol–water partition coefficient (Wildman–Crippen LogP) is 3.65. The van der Waals surface area contributed by atoms with Crippen LogP contribution in [0.1, 0.15) is 13.8 Å². The van der Waals surface area contributed by atoms with Crippen molar-refractivity contribution in [2.75, 3.05) is 11.9 Å². The third-order valence-electron chi connectivity index (χ3n) is 3.42. The Hall–Kier alpha value is -2.95. The highest BCUT2D eigenvalue weighted by molar-refractivity contribution is 5.90. The summed E-state index contributed by atoms with van der Waals surface area (Å²) in [6.45, 7) is 3.98. The van der Waals surface area contributed by atoms with E-state index in [1.54, 1.807) is 0 Å². The van der Waals surface area contributed by atoms with Crippen molar-refractivity contribution in [2.45, 2.75) is 13.8 Å². The Kier molecular flexibility index (Phi) is 4.19. The second-order valence-electron chi connectivity index (χ2n) is 5.10. The lowest BCUT2D eigenvalue weighted by molar-refractivity contribution is -0.114. The van der Waals surface area contributed by atoms with E-state index in [2.05, 4.69) is 15.3 Å². The molecule has 5 heteroatoms. The van der Waals surface area contributed by atoms with Gasteiger partial charge in [-0.1, -0.05) is 18.2 Å². The molecule has 0 saturated heterocycles. The molecule has 5 nitrogen and oxygen atoms in total. The van der Waals surface area contributed by atoms with Crippen molar-refractivity contribution in [1.29, 1.82) is 0 Å². The Labute approximate surface area is 134 Å². The van der Waals surface area contributed by atoms with Crippen molar-refractivity contribution >= 4 is 22.5 Å². The highest BCUT2D eigenvalue weighted by atomic mass is 16.5. The number of hydrogen-bond acceptors (Lipinski definition) is 4. The van der Waals surface area contributed by atoms with Crippen molar-refractivity contribution in [1.82, 2.24) is 9.97 Å². The molecule has 116 valence electrons. The van der Waals surface area contributed by atoms with Gasteiger partial charge in [-0.15, -0.1) is 0 Å². The molecule has 1 heterocycles. The molecule has 0 aliphatic carbocycles. The van der Waals surface area contributed by atoms with Crippen molar-refractivity contribution in [3.05, 3.63) is 48.8 Å². The Morgan fingerprint density at radius 2 is 1.83 bits per heavy atom. The van der Waals surface area contributed by atoms with Gasteiger partial charge in [0.1, 0.15) is 6.33 Å². The SMILES string of the molecule is CCOc1ncnc2ccc(-c3ccc(NC(C)=O)cc3)cc12. The van der Waals surface area contributed by atoms with E-state index in [-0.39, 0.29) is 5.91 Å². The maximum atomic E-state index is 11.1. The molecule has 0 atom stereocenters. The van der Waals surface area contributed by atoms with Gasteiger partial charge in [0.15, 0.2) is 0 Å². The molecule has 3 rings (SSSR count). The fourth-order valence-electron chi connectivity index (χ4n) is 2.41. The second-order valence-corrected chi connectivity index (χ2v) is 5.10. The third-order valence-corrected chi connectivity index (χ3v) is 3.42. The van der Waals surface area contributed by atoms with E-state index in [9.17, 15) is 4.79 Å². The van der Waals surface area contributed by atoms with Crippen molar-refractivity contribution < 1.29 is 9.53 Å². The van der Waals surface area contributed by atoms with Gasteiger partial charge in [-0.3, -0.25) is 4.79 Å². The zero-order valence-electron chi connectivity index (χ0n) is 13.0. The fraction of sp³-hybridized carbons (Fsp3) is 0.167. The van der Waals surface area contributed by atoms with Crippen LogP contribution in [0, 0.1) is 0 Å². The van der Waals surface area contributed by atoms with Gasteiger partial charge in [0, 0.05) is 12.6 Å². The van der Waals surface area contributed by atoms with Gasteiger partial charge in [-0.25, -0.2) is 9.97 Å². The molecular weight excluding hydrogens is 290 g/mol. The molecule has 1 N–H and O–H groups in total. The van der Waals surface area contributed by atoms with Crippen LogP contribution >= 0.6 is 0 Å². The zero-order valence-corrected chi connectivity index (χ0v) is 13.0. The number of fused-ring (bicyclic) bond motifs is 1. The van der Waals surface area contributed by atoms with E-state index >= 15 is 0 Å². The highest BCUT2D eigenvalue weighted by Crippen LogP contribution is 2.28. The van der Waals surface area contributed by atoms with E-state index in [0.29, 0.717) is 12.5 Å². The van der Waals surface area contributed by atoms with E-state index in [1.807, 2.05) is 49.4 Å². The number of hydrogen-bond donors (Lipinski definition) is 1. The lowest BCUT2D eigenvalue weighted by Crippen LogP contribution is -2.05. The lowest BCUT2D eigenvalue weighted by Gasteiger charge is -2.08. The minimum absolute atomic E-state index is 0.0815. The average molecular weight is 307 g/mol. The fourth-order valence-corrected chi connectivity index (χ4v) is 2.41. The van der Waals surface area contributed by atoms with Crippen LogP contribution in [0.2, 0.25) is 0 Å². The van der Waals surface area contributed by atoms with Gasteiger partial charge in [-0.05, 0) is 42.3 Å². The van der Waals surface area contributed by atoms with E-state index in [4.69, 9.17) is 4.74 Å². The first kappa shape index (κ1) is 15.0. The molecule has 0 saturated carbocycles. The number of anilines is 1. The number of rotatable bonds is 4. The summed E-state index contributed by atoms with van der Waals surface area (Å²) in [4.78, 5) is 19.5. The monoisotopic (exact) mass is 307 g/mol. The van der Waals surface area contributed by atoms with Crippen LogP contribution in [-0.2, 0) is 4.79 Å². The van der Waals surface area contributed by atoms with Crippen molar-refractivity contribution in [3.8, 4) is 17.0 Å². The van der Waals surface area contributed by atoms with Crippen LogP contribution in [0.15, 0.2) is 48.8 Å². The largest absolute Gasteiger partial charge is 0.477 e. The minimum Gasteiger partial charge on any atom is -0.477 e. The molecule has 2 aromatic carbocycles. The number of benzene rings is 2. The summed E-state index contributed by atoms with van der Waals surface area (Å²) in [5, 5.41) is 3.65. The topological polar surface area (TPSA) is 64.1 Å². The van der Waals surface area contributed by atoms with Gasteiger partial charge < -0.3 is 10.1 Å². The Bertz CT molecular complexity index is 845. The average Bonchev–Trinajstić information content (AvgIpc) is 2.55. The number of aromatic nitrogens is 2. The van der Waals surface area contributed by atoms with Crippen molar-refractivity contribution in [2.24, 2.45) is 0 Å². The number of ether oxygens (including phenoxy) is 1. The number of nitrogens with zero attached hydrogens (tertiary/aromatic N) is 2. The van der Waals surface area contributed by atoms with Crippen LogP contribution in [0.25, 0.3) is 22.0 Å². The first-order valence-electron chi connectivity index (χ1n) is 7.43. The van der Waals surface area contributed by atoms with Gasteiger partial charge in [0.05, 0.1) is 17.5 Å². The van der Waals surface area contributed by atoms with Gasteiger partial charge in [-0.2, -0.15) is 0 Å². The van der Waals surface area contributed by atoms with Gasteiger partial charge >= 0.3 is 0 Å². The Morgan fingerprint density at radius 3 is 2.52 bits per heavy atom. The molecule has 3 aromatic rings. The molecule has 0 fully saturated rings. The zero-order chi connectivity index (χ0) is 16.2. The number of amides is 1. The van der Waals surface area contributed by atoms with Gasteiger partial charge in [0.2, 0.25) is 11.8 Å². The minimum atomic E-state index is -0.0815. The van der Waals surface area contributed by atoms with E-state index in [0.717, 1.165) is 27.7 Å². The summed E-state index contributed by atoms with van der Waals surface area (Å²) in [5.41, 5.74) is 3.72. The van der Waals surface area contributed by atoms with E-state index in [1.165, 1.54) is 13.3 Å². The predicted molar refractivity (Wildman–Crippen MR) is 90.4 cm³/mol. The first-order valence-corrected chi connectivity index (χ1v) is 7.43. The maximum absolute atomic E-state index is 11.1. The lowest BCUT2D eigenvalue weighted by atomic mass is 10.0. The summed E-state index contributed by atoms with van der Waals surface area (Å²) in [7, 11) is 0. The Balaban J connectivity index is 1.99. The molecule has 0 radical (unpaired) electrons. The van der Waals surface area contributed by atoms with Crippen LogP contribution in [0.5, 0.6) is 5.88 Å². The second kappa shape index (κ2) is 6.44. The summed E-state index contributed by atoms with van der Waals surface area (Å²) in [6, 6.07) is 13.7. The third kappa shape index (κ3) is 3.29. The summed E-state index contributed by atoms with van der Waals surface area (Å²) >= 11 is 0. The Morgan fingerprint density at radius 1 is 1.09 bits per heavy atom. The molecule has 0 aliphatic rings. The van der Waals surface area contributed by atoms with Gasteiger partial charge in [0.25, 0.3) is 0 Å². The smallest absolute Gasteiger partial charge is 0.224 e. The van der Waals surface area contributed by atoms with Crippen LogP contribution in [0.4, 0.5) is 5.69 Å². The quantitative estimate of drug-likeness (QED) is 0.799. The summed E-state index contributed by atoms with van der Waals surface area (Å²) < 4.78 is 5.57. The van der Waals surface area contributed by atoms with Crippen LogP contribution < -0.4 is 10.1 Å². The van der Waals surface area contributed by atoms with Crippen LogP contribution in [0.3, 0.4) is 0 Å². The molecule has 0 spiro atoms. The molecular formula is C18H17N3O2. The van der Waals surface area contributed by atoms with E-state index < -0.39 is 0 Å². The number of carbonyl (C=O) groups excluding carboxylic acids is 1. The molecule has 23 heavy (non-hydrogen) atoms. The molecule has 0 unspecified atom stereocenters. The van der Waals surface area contributed by atoms with Crippen LogP contribution in [-0.4, -0.2) is 22.5 Å². The summed E-state index contributed by atoms with van der Waals surface area (Å²) in [6.07, 6.45) is 1.51. The molecule has 0 bridgehead atoms. The number of nitrogens with one attached hydrogen (secondary N) is 1. The molecule has 1 aromatic heterocycles. The number of carbonyl (C=O) groups is 1. The highest BCUT2D eigenvalue weighted by Gasteiger charge is 2.07.